The van der Waals surface area contributed by atoms with Crippen LogP contribution in [0.4, 0.5) is 0 Å². The summed E-state index contributed by atoms with van der Waals surface area (Å²) in [7, 11) is 0. The van der Waals surface area contributed by atoms with Crippen LogP contribution in [0.5, 0.6) is 0 Å². The number of nitrogens with two attached hydrogens (primary N) is 1. The lowest BCUT2D eigenvalue weighted by atomic mass is 9.77. The van der Waals surface area contributed by atoms with E-state index in [0.717, 1.165) is 49.7 Å². The second-order valence-electron chi connectivity index (χ2n) is 8.25. The maximum Gasteiger partial charge on any atom is 0.213 e. The highest BCUT2D eigenvalue weighted by atomic mass is 16.1. The third kappa shape index (κ3) is 3.74. The molecule has 0 aromatic heterocycles. The summed E-state index contributed by atoms with van der Waals surface area (Å²) in [5, 5.41) is 0. The van der Waals surface area contributed by atoms with Crippen molar-refractivity contribution in [3.05, 3.63) is 35.4 Å². The third-order valence-corrected chi connectivity index (χ3v) is 5.90. The van der Waals surface area contributed by atoms with E-state index in [2.05, 4.69) is 17.1 Å². The second-order valence-corrected chi connectivity index (χ2v) is 8.25. The number of ketones is 1. The Labute approximate surface area is 149 Å². The minimum Gasteiger partial charge on any atom is -0.321 e. The van der Waals surface area contributed by atoms with Crippen molar-refractivity contribution in [3.63, 3.8) is 0 Å². The highest BCUT2D eigenvalue weighted by molar-refractivity contribution is 6.00. The van der Waals surface area contributed by atoms with Gasteiger partial charge < -0.3 is 10.5 Å². The van der Waals surface area contributed by atoms with Crippen LogP contribution in [0.3, 0.4) is 0 Å². The average molecular weight is 341 g/mol. The number of benzene rings is 1. The van der Waals surface area contributed by atoms with Gasteiger partial charge in [0, 0.05) is 24.3 Å². The van der Waals surface area contributed by atoms with Crippen LogP contribution < -0.4 is 10.7 Å². The van der Waals surface area contributed by atoms with Crippen LogP contribution >= 0.6 is 0 Å². The van der Waals surface area contributed by atoms with Crippen molar-refractivity contribution < 1.29 is 14.6 Å². The minimum atomic E-state index is -0.528. The number of aldehydes is 1. The molecule has 0 bridgehead atoms. The predicted octanol–water partition coefficient (Wildman–Crippen LogP) is 1.18. The van der Waals surface area contributed by atoms with E-state index in [4.69, 9.17) is 5.73 Å². The molecule has 2 atom stereocenters. The molecule has 1 aromatic rings. The SMILES string of the molecule is CC(C)(CC1=[NH+]C(C(=O)C2CCCC2)Cc2ccccc21)C(N)C=O. The number of rotatable bonds is 6. The van der Waals surface area contributed by atoms with Gasteiger partial charge in [-0.2, -0.15) is 0 Å². The molecule has 2 aliphatic rings. The molecule has 1 fully saturated rings. The Bertz CT molecular complexity index is 687. The van der Waals surface area contributed by atoms with Crippen molar-refractivity contribution in [3.8, 4) is 0 Å². The first-order chi connectivity index (χ1) is 11.9. The number of hydrogen-bond acceptors (Lipinski definition) is 3. The van der Waals surface area contributed by atoms with E-state index in [1.54, 1.807) is 0 Å². The summed E-state index contributed by atoms with van der Waals surface area (Å²) in [5.41, 5.74) is 9.05. The molecule has 0 saturated heterocycles. The molecule has 4 nitrogen and oxygen atoms in total. The molecule has 25 heavy (non-hydrogen) atoms. The normalized spacial score (nSPS) is 22.2. The molecule has 134 valence electrons. The number of Topliss-reactive ketones (excluding diaryl/α,β-unsaturated/α-hetero) is 1. The van der Waals surface area contributed by atoms with E-state index < -0.39 is 6.04 Å². The molecular formula is C21H29N2O2+. The molecule has 3 rings (SSSR count). The maximum absolute atomic E-state index is 13.0. The smallest absolute Gasteiger partial charge is 0.213 e. The molecule has 3 N–H and O–H groups in total. The predicted molar refractivity (Wildman–Crippen MR) is 98.4 cm³/mol. The maximum atomic E-state index is 13.0. The van der Waals surface area contributed by atoms with Crippen molar-refractivity contribution in [1.82, 2.24) is 0 Å². The summed E-state index contributed by atoms with van der Waals surface area (Å²) in [6.07, 6.45) is 6.59. The quantitative estimate of drug-likeness (QED) is 0.763. The summed E-state index contributed by atoms with van der Waals surface area (Å²) >= 11 is 0. The molecule has 2 unspecified atom stereocenters. The monoisotopic (exact) mass is 341 g/mol. The number of carbonyl (C=O) groups is 2. The van der Waals surface area contributed by atoms with Gasteiger partial charge in [0.1, 0.15) is 6.29 Å². The molecule has 4 heteroatoms. The van der Waals surface area contributed by atoms with Crippen LogP contribution in [0, 0.1) is 11.3 Å². The fraction of sp³-hybridized carbons (Fsp3) is 0.571. The zero-order valence-corrected chi connectivity index (χ0v) is 15.3. The first-order valence-electron chi connectivity index (χ1n) is 9.37. The van der Waals surface area contributed by atoms with Crippen molar-refractivity contribution in [2.45, 2.75) is 64.5 Å². The van der Waals surface area contributed by atoms with Crippen LogP contribution in [0.15, 0.2) is 24.3 Å². The summed E-state index contributed by atoms with van der Waals surface area (Å²) < 4.78 is 0. The average Bonchev–Trinajstić information content (AvgIpc) is 3.14. The zero-order chi connectivity index (χ0) is 18.0. The first kappa shape index (κ1) is 18.0. The second kappa shape index (κ2) is 7.20. The highest BCUT2D eigenvalue weighted by Crippen LogP contribution is 2.29. The lowest BCUT2D eigenvalue weighted by Crippen LogP contribution is -2.85. The molecule has 1 heterocycles. The lowest BCUT2D eigenvalue weighted by molar-refractivity contribution is -0.490. The number of hydrogen-bond donors (Lipinski definition) is 2. The topological polar surface area (TPSA) is 74.1 Å². The van der Waals surface area contributed by atoms with Gasteiger partial charge in [-0.25, -0.2) is 4.99 Å². The van der Waals surface area contributed by atoms with Gasteiger partial charge in [-0.3, -0.25) is 4.79 Å². The Morgan fingerprint density at radius 3 is 2.68 bits per heavy atom. The van der Waals surface area contributed by atoms with Gasteiger partial charge in [-0.1, -0.05) is 44.9 Å². The molecule has 1 aromatic carbocycles. The number of carbonyl (C=O) groups excluding carboxylic acids is 2. The molecular weight excluding hydrogens is 312 g/mol. The molecule has 0 amide bonds. The Kier molecular flexibility index (Phi) is 5.19. The Morgan fingerprint density at radius 1 is 1.32 bits per heavy atom. The summed E-state index contributed by atoms with van der Waals surface area (Å²) in [6, 6.07) is 7.57. The van der Waals surface area contributed by atoms with Gasteiger partial charge in [-0.05, 0) is 29.9 Å². The van der Waals surface area contributed by atoms with Gasteiger partial charge in [0.25, 0.3) is 0 Å². The fourth-order valence-electron chi connectivity index (χ4n) is 4.12. The van der Waals surface area contributed by atoms with Crippen LogP contribution in [-0.4, -0.2) is 29.9 Å². The van der Waals surface area contributed by atoms with E-state index in [9.17, 15) is 9.59 Å². The first-order valence-corrected chi connectivity index (χ1v) is 9.37. The van der Waals surface area contributed by atoms with E-state index in [1.807, 2.05) is 26.0 Å². The van der Waals surface area contributed by atoms with Crippen molar-refractivity contribution >= 4 is 17.8 Å². The minimum absolute atomic E-state index is 0.156. The zero-order valence-electron chi connectivity index (χ0n) is 15.3. The van der Waals surface area contributed by atoms with Crippen molar-refractivity contribution in [2.75, 3.05) is 0 Å². The lowest BCUT2D eigenvalue weighted by Gasteiger charge is -2.29. The number of fused-ring (bicyclic) bond motifs is 1. The number of nitrogens with one attached hydrogen (secondary N) is 1. The largest absolute Gasteiger partial charge is 0.321 e. The van der Waals surface area contributed by atoms with Crippen LogP contribution in [0.2, 0.25) is 0 Å². The standard InChI is InChI=1S/C21H28N2O2/c1-21(2,19(22)13-24)12-18-16-10-6-5-9-15(16)11-17(23-18)20(25)14-7-3-4-8-14/h5-6,9-10,13-14,17,19H,3-4,7-8,11-12,22H2,1-2H3/p+1. The molecule has 1 aliphatic carbocycles. The van der Waals surface area contributed by atoms with E-state index in [1.165, 1.54) is 5.56 Å². The molecule has 0 radical (unpaired) electrons. The summed E-state index contributed by atoms with van der Waals surface area (Å²) in [6.45, 7) is 4.01. The Morgan fingerprint density at radius 2 is 2.00 bits per heavy atom. The van der Waals surface area contributed by atoms with Crippen molar-refractivity contribution in [1.29, 1.82) is 0 Å². The fourth-order valence-corrected chi connectivity index (χ4v) is 4.12. The van der Waals surface area contributed by atoms with Gasteiger partial charge in [0.2, 0.25) is 11.8 Å². The Balaban J connectivity index is 1.91. The van der Waals surface area contributed by atoms with E-state index >= 15 is 0 Å². The Hall–Kier alpha value is -1.81. The van der Waals surface area contributed by atoms with E-state index in [0.29, 0.717) is 12.2 Å². The highest BCUT2D eigenvalue weighted by Gasteiger charge is 2.39. The van der Waals surface area contributed by atoms with Gasteiger partial charge in [0.15, 0.2) is 5.71 Å². The molecule has 0 spiro atoms. The summed E-state index contributed by atoms with van der Waals surface area (Å²) in [4.78, 5) is 27.6. The van der Waals surface area contributed by atoms with E-state index in [-0.39, 0.29) is 17.4 Å². The molecule has 1 saturated carbocycles. The van der Waals surface area contributed by atoms with Crippen LogP contribution in [-0.2, 0) is 16.0 Å². The summed E-state index contributed by atoms with van der Waals surface area (Å²) in [5.74, 6) is 0.552. The van der Waals surface area contributed by atoms with Crippen LogP contribution in [0.1, 0.15) is 57.1 Å². The molecule has 1 aliphatic heterocycles. The third-order valence-electron chi connectivity index (χ3n) is 5.90. The van der Waals surface area contributed by atoms with Gasteiger partial charge in [-0.15, -0.1) is 0 Å². The van der Waals surface area contributed by atoms with Gasteiger partial charge >= 0.3 is 0 Å². The van der Waals surface area contributed by atoms with Gasteiger partial charge in [0.05, 0.1) is 6.04 Å². The van der Waals surface area contributed by atoms with Crippen LogP contribution in [0.25, 0.3) is 0 Å². The van der Waals surface area contributed by atoms with Crippen molar-refractivity contribution in [2.24, 2.45) is 17.1 Å².